The van der Waals surface area contributed by atoms with E-state index < -0.39 is 0 Å². The van der Waals surface area contributed by atoms with Crippen LogP contribution in [0.2, 0.25) is 0 Å². The van der Waals surface area contributed by atoms with E-state index in [9.17, 15) is 0 Å². The van der Waals surface area contributed by atoms with Crippen molar-refractivity contribution in [2.45, 2.75) is 51.3 Å². The molecule has 0 unspecified atom stereocenters. The van der Waals surface area contributed by atoms with Gasteiger partial charge in [-0.25, -0.2) is 0 Å². The predicted molar refractivity (Wildman–Crippen MR) is 93.9 cm³/mol. The number of hydrogen-bond acceptors (Lipinski definition) is 7. The van der Waals surface area contributed by atoms with Gasteiger partial charge in [-0.2, -0.15) is 4.98 Å². The molecule has 1 fully saturated rings. The van der Waals surface area contributed by atoms with E-state index in [2.05, 4.69) is 59.6 Å². The smallest absolute Gasteiger partial charge is 0.243 e. The number of aliphatic imine (C=N–C) groups is 1. The highest BCUT2D eigenvalue weighted by molar-refractivity contribution is 8.14. The minimum atomic E-state index is -0.0747. The summed E-state index contributed by atoms with van der Waals surface area (Å²) in [6, 6.07) is 0.165. The number of thioether (sulfide) groups is 1. The highest BCUT2D eigenvalue weighted by Crippen LogP contribution is 2.27. The molecule has 1 saturated heterocycles. The Bertz CT molecular complexity index is 571. The molecule has 2 aliphatic heterocycles. The van der Waals surface area contributed by atoms with Gasteiger partial charge in [0.2, 0.25) is 5.89 Å². The van der Waals surface area contributed by atoms with Crippen molar-refractivity contribution in [2.75, 3.05) is 32.7 Å². The van der Waals surface area contributed by atoms with Gasteiger partial charge in [0, 0.05) is 36.8 Å². The molecule has 3 heterocycles. The monoisotopic (exact) mass is 337 g/mol. The molecule has 6 nitrogen and oxygen atoms in total. The van der Waals surface area contributed by atoms with Crippen molar-refractivity contribution in [1.29, 1.82) is 0 Å². The Morgan fingerprint density at radius 1 is 1.22 bits per heavy atom. The van der Waals surface area contributed by atoms with Gasteiger partial charge in [-0.15, -0.1) is 0 Å². The van der Waals surface area contributed by atoms with Crippen LogP contribution >= 0.6 is 11.8 Å². The van der Waals surface area contributed by atoms with Crippen LogP contribution in [0.5, 0.6) is 0 Å². The van der Waals surface area contributed by atoms with Gasteiger partial charge in [0.1, 0.15) is 0 Å². The summed E-state index contributed by atoms with van der Waals surface area (Å²) in [6.07, 6.45) is 0. The molecule has 3 rings (SSSR count). The summed E-state index contributed by atoms with van der Waals surface area (Å²) >= 11 is 1.90. The molecule has 0 aliphatic carbocycles. The van der Waals surface area contributed by atoms with Crippen LogP contribution < -0.4 is 0 Å². The molecule has 0 saturated carbocycles. The highest BCUT2D eigenvalue weighted by Gasteiger charge is 2.30. The number of rotatable bonds is 2. The molecular weight excluding hydrogens is 310 g/mol. The molecular formula is C16H27N5OS. The van der Waals surface area contributed by atoms with Gasteiger partial charge in [0.05, 0.1) is 12.6 Å². The van der Waals surface area contributed by atoms with E-state index in [4.69, 9.17) is 4.52 Å². The molecule has 2 atom stereocenters. The average Bonchev–Trinajstić information content (AvgIpc) is 3.15. The largest absolute Gasteiger partial charge is 0.349 e. The number of aromatic nitrogens is 2. The van der Waals surface area contributed by atoms with Gasteiger partial charge in [-0.05, 0) is 6.92 Å². The topological polar surface area (TPSA) is 57.8 Å². The van der Waals surface area contributed by atoms with Crippen molar-refractivity contribution in [2.24, 2.45) is 4.99 Å². The first kappa shape index (κ1) is 16.8. The summed E-state index contributed by atoms with van der Waals surface area (Å²) in [5, 5.41) is 5.99. The van der Waals surface area contributed by atoms with Gasteiger partial charge in [0.25, 0.3) is 0 Å². The van der Waals surface area contributed by atoms with Gasteiger partial charge >= 0.3 is 0 Å². The molecule has 1 aromatic rings. The maximum Gasteiger partial charge on any atom is 0.243 e. The Morgan fingerprint density at radius 3 is 2.43 bits per heavy atom. The zero-order valence-electron chi connectivity index (χ0n) is 14.7. The van der Waals surface area contributed by atoms with E-state index in [1.54, 1.807) is 0 Å². The lowest BCUT2D eigenvalue weighted by Crippen LogP contribution is -2.48. The number of amidine groups is 1. The minimum absolute atomic E-state index is 0.0747. The molecule has 0 amide bonds. The molecule has 128 valence electrons. The van der Waals surface area contributed by atoms with Gasteiger partial charge in [-0.1, -0.05) is 44.6 Å². The first-order chi connectivity index (χ1) is 10.8. The second-order valence-corrected chi connectivity index (χ2v) is 8.86. The summed E-state index contributed by atoms with van der Waals surface area (Å²) in [5.74, 6) is 1.51. The fourth-order valence-electron chi connectivity index (χ4n) is 2.80. The zero-order valence-corrected chi connectivity index (χ0v) is 15.6. The van der Waals surface area contributed by atoms with E-state index in [-0.39, 0.29) is 11.5 Å². The van der Waals surface area contributed by atoms with E-state index in [0.29, 0.717) is 5.25 Å². The maximum absolute atomic E-state index is 5.50. The third-order valence-electron chi connectivity index (χ3n) is 4.39. The van der Waals surface area contributed by atoms with Gasteiger partial charge in [-0.3, -0.25) is 9.89 Å². The normalized spacial score (nSPS) is 24.8. The van der Waals surface area contributed by atoms with Crippen LogP contribution in [-0.2, 0) is 5.41 Å². The van der Waals surface area contributed by atoms with Crippen molar-refractivity contribution < 1.29 is 4.52 Å². The quantitative estimate of drug-likeness (QED) is 0.826. The fourth-order valence-corrected chi connectivity index (χ4v) is 3.79. The molecule has 0 radical (unpaired) electrons. The van der Waals surface area contributed by atoms with E-state index in [0.717, 1.165) is 44.4 Å². The molecule has 0 spiro atoms. The average molecular weight is 337 g/mol. The van der Waals surface area contributed by atoms with Gasteiger partial charge in [0.15, 0.2) is 11.0 Å². The zero-order chi connectivity index (χ0) is 16.6. The second kappa shape index (κ2) is 6.43. The van der Waals surface area contributed by atoms with E-state index >= 15 is 0 Å². The van der Waals surface area contributed by atoms with Crippen LogP contribution in [0.25, 0.3) is 0 Å². The van der Waals surface area contributed by atoms with Crippen LogP contribution in [0, 0.1) is 0 Å². The van der Waals surface area contributed by atoms with Crippen LogP contribution in [0.4, 0.5) is 0 Å². The maximum atomic E-state index is 5.50. The van der Waals surface area contributed by atoms with Crippen LogP contribution in [0.1, 0.15) is 52.4 Å². The lowest BCUT2D eigenvalue weighted by molar-refractivity contribution is 0.121. The number of nitrogens with zero attached hydrogens (tertiary/aromatic N) is 5. The fraction of sp³-hybridized carbons (Fsp3) is 0.812. The summed E-state index contributed by atoms with van der Waals surface area (Å²) < 4.78 is 5.50. The molecule has 23 heavy (non-hydrogen) atoms. The molecule has 0 aromatic carbocycles. The predicted octanol–water partition coefficient (Wildman–Crippen LogP) is 2.54. The molecule has 1 aromatic heterocycles. The van der Waals surface area contributed by atoms with Crippen molar-refractivity contribution >= 4 is 16.9 Å². The molecule has 0 N–H and O–H groups in total. The molecule has 2 aliphatic rings. The Hall–Kier alpha value is -1.08. The minimum Gasteiger partial charge on any atom is -0.349 e. The lowest BCUT2D eigenvalue weighted by Gasteiger charge is -2.37. The van der Waals surface area contributed by atoms with Crippen molar-refractivity contribution in [3.63, 3.8) is 0 Å². The van der Waals surface area contributed by atoms with E-state index in [1.165, 1.54) is 5.17 Å². The van der Waals surface area contributed by atoms with Crippen LogP contribution in [-0.4, -0.2) is 63.1 Å². The highest BCUT2D eigenvalue weighted by atomic mass is 32.2. The number of piperazine rings is 1. The first-order valence-electron chi connectivity index (χ1n) is 8.39. The van der Waals surface area contributed by atoms with Crippen molar-refractivity contribution in [1.82, 2.24) is 19.9 Å². The Kier molecular flexibility index (Phi) is 4.69. The number of hydrogen-bond donors (Lipinski definition) is 0. The SMILES string of the molecule is C[C@@H]1CN=C(N2CCN([C@H](C)c3nc(C(C)(C)C)no3)CC2)S1. The van der Waals surface area contributed by atoms with Crippen LogP contribution in [0.15, 0.2) is 9.52 Å². The first-order valence-corrected chi connectivity index (χ1v) is 9.27. The van der Waals surface area contributed by atoms with Crippen molar-refractivity contribution in [3.05, 3.63) is 11.7 Å². The summed E-state index contributed by atoms with van der Waals surface area (Å²) in [7, 11) is 0. The Labute approximate surface area is 142 Å². The second-order valence-electron chi connectivity index (χ2n) is 7.46. The van der Waals surface area contributed by atoms with E-state index in [1.807, 2.05) is 11.8 Å². The van der Waals surface area contributed by atoms with Crippen molar-refractivity contribution in [3.8, 4) is 0 Å². The molecule has 7 heteroatoms. The third kappa shape index (κ3) is 3.71. The molecule has 0 bridgehead atoms. The third-order valence-corrected chi connectivity index (χ3v) is 5.54. The summed E-state index contributed by atoms with van der Waals surface area (Å²) in [6.45, 7) is 15.7. The lowest BCUT2D eigenvalue weighted by atomic mass is 9.96. The van der Waals surface area contributed by atoms with Crippen LogP contribution in [0.3, 0.4) is 0 Å². The Morgan fingerprint density at radius 2 is 1.91 bits per heavy atom. The standard InChI is InChI=1S/C16H27N5OS/c1-11-10-17-15(23-11)21-8-6-20(7-9-21)12(2)13-18-14(19-22-13)16(3,4)5/h11-12H,6-10H2,1-5H3/t11-,12-/m1/s1. The Balaban J connectivity index is 1.58. The summed E-state index contributed by atoms with van der Waals surface area (Å²) in [5.41, 5.74) is -0.0747. The van der Waals surface area contributed by atoms with Gasteiger partial charge < -0.3 is 9.42 Å². The summed E-state index contributed by atoms with van der Waals surface area (Å²) in [4.78, 5) is 14.1.